The zero-order chi connectivity index (χ0) is 12.1. The molecule has 1 amide bonds. The van der Waals surface area contributed by atoms with Crippen molar-refractivity contribution in [1.29, 1.82) is 0 Å². The van der Waals surface area contributed by atoms with Gasteiger partial charge in [0.1, 0.15) is 0 Å². The van der Waals surface area contributed by atoms with E-state index in [0.29, 0.717) is 0 Å². The Morgan fingerprint density at radius 3 is 2.62 bits per heavy atom. The van der Waals surface area contributed by atoms with Gasteiger partial charge in [0, 0.05) is 19.2 Å². The highest BCUT2D eigenvalue weighted by Crippen LogP contribution is 2.44. The molecule has 1 aliphatic rings. The SMILES string of the molecule is CN1C(=O)C(F)(F)c2cc([N+](=O)[O-])ccc21. The largest absolute Gasteiger partial charge is 0.352 e. The van der Waals surface area contributed by atoms with Crippen molar-refractivity contribution in [1.82, 2.24) is 0 Å². The molecule has 0 aromatic heterocycles. The van der Waals surface area contributed by atoms with Gasteiger partial charge >= 0.3 is 11.8 Å². The lowest BCUT2D eigenvalue weighted by Gasteiger charge is -2.08. The van der Waals surface area contributed by atoms with E-state index in [1.54, 1.807) is 0 Å². The molecule has 0 spiro atoms. The lowest BCUT2D eigenvalue weighted by molar-refractivity contribution is -0.385. The van der Waals surface area contributed by atoms with Gasteiger partial charge in [0.25, 0.3) is 5.69 Å². The molecule has 0 bridgehead atoms. The number of likely N-dealkylation sites (N-methyl/N-ethyl adjacent to an activating group) is 1. The second kappa shape index (κ2) is 2.97. The first-order chi connectivity index (χ1) is 7.35. The number of carbonyl (C=O) groups is 1. The molecule has 16 heavy (non-hydrogen) atoms. The fourth-order valence-electron chi connectivity index (χ4n) is 1.62. The minimum atomic E-state index is -3.68. The molecule has 0 unspecified atom stereocenters. The van der Waals surface area contributed by atoms with Crippen LogP contribution >= 0.6 is 0 Å². The Kier molecular flexibility index (Phi) is 1.94. The lowest BCUT2D eigenvalue weighted by atomic mass is 10.1. The molecule has 0 saturated carbocycles. The zero-order valence-electron chi connectivity index (χ0n) is 8.11. The van der Waals surface area contributed by atoms with Crippen LogP contribution in [0.5, 0.6) is 0 Å². The summed E-state index contributed by atoms with van der Waals surface area (Å²) in [6, 6.07) is 2.97. The Balaban J connectivity index is 2.65. The lowest BCUT2D eigenvalue weighted by Crippen LogP contribution is -2.31. The van der Waals surface area contributed by atoms with Crippen molar-refractivity contribution < 1.29 is 18.5 Å². The van der Waals surface area contributed by atoms with E-state index < -0.39 is 28.0 Å². The van der Waals surface area contributed by atoms with E-state index in [1.165, 1.54) is 7.05 Å². The summed E-state index contributed by atoms with van der Waals surface area (Å²) in [7, 11) is 1.20. The average Bonchev–Trinajstić information content (AvgIpc) is 2.40. The van der Waals surface area contributed by atoms with E-state index in [1.807, 2.05) is 0 Å². The highest BCUT2D eigenvalue weighted by molar-refractivity contribution is 6.05. The maximum absolute atomic E-state index is 13.4. The zero-order valence-corrected chi connectivity index (χ0v) is 8.11. The number of carbonyl (C=O) groups excluding carboxylic acids is 1. The summed E-state index contributed by atoms with van der Waals surface area (Å²) in [5, 5.41) is 10.4. The number of fused-ring (bicyclic) bond motifs is 1. The van der Waals surface area contributed by atoms with Gasteiger partial charge in [0.05, 0.1) is 16.2 Å². The molecular formula is C9H6F2N2O3. The smallest absolute Gasteiger partial charge is 0.309 e. The summed E-state index contributed by atoms with van der Waals surface area (Å²) < 4.78 is 26.8. The highest BCUT2D eigenvalue weighted by atomic mass is 19.3. The van der Waals surface area contributed by atoms with Crippen molar-refractivity contribution in [2.75, 3.05) is 11.9 Å². The van der Waals surface area contributed by atoms with Crippen molar-refractivity contribution in [3.05, 3.63) is 33.9 Å². The summed E-state index contributed by atoms with van der Waals surface area (Å²) in [5.41, 5.74) is -1.07. The van der Waals surface area contributed by atoms with E-state index in [2.05, 4.69) is 0 Å². The van der Waals surface area contributed by atoms with Gasteiger partial charge in [-0.2, -0.15) is 8.78 Å². The Labute approximate surface area is 88.4 Å². The molecule has 1 aliphatic heterocycles. The standard InChI is InChI=1S/C9H6F2N2O3/c1-12-7-3-2-5(13(15)16)4-6(7)9(10,11)8(12)14/h2-4H,1H3. The molecule has 0 fully saturated rings. The number of anilines is 1. The van der Waals surface area contributed by atoms with Crippen LogP contribution in [-0.4, -0.2) is 17.9 Å². The topological polar surface area (TPSA) is 63.5 Å². The normalized spacial score (nSPS) is 17.4. The number of nitrogens with zero attached hydrogens (tertiary/aromatic N) is 2. The van der Waals surface area contributed by atoms with Crippen LogP contribution in [-0.2, 0) is 10.7 Å². The van der Waals surface area contributed by atoms with Gasteiger partial charge in [-0.15, -0.1) is 0 Å². The Morgan fingerprint density at radius 2 is 2.06 bits per heavy atom. The summed E-state index contributed by atoms with van der Waals surface area (Å²) in [6.07, 6.45) is 0. The minimum Gasteiger partial charge on any atom is -0.309 e. The van der Waals surface area contributed by atoms with E-state index in [-0.39, 0.29) is 5.69 Å². The highest BCUT2D eigenvalue weighted by Gasteiger charge is 2.52. The number of non-ortho nitro benzene ring substituents is 1. The van der Waals surface area contributed by atoms with Crippen molar-refractivity contribution in [2.24, 2.45) is 0 Å². The molecule has 1 aromatic rings. The number of hydrogen-bond donors (Lipinski definition) is 0. The van der Waals surface area contributed by atoms with Gasteiger partial charge in [-0.25, -0.2) is 0 Å². The average molecular weight is 228 g/mol. The molecule has 1 heterocycles. The molecule has 1 aromatic carbocycles. The van der Waals surface area contributed by atoms with Crippen LogP contribution in [0.2, 0.25) is 0 Å². The molecule has 84 valence electrons. The van der Waals surface area contributed by atoms with Gasteiger partial charge in [-0.05, 0) is 6.07 Å². The maximum atomic E-state index is 13.4. The molecular weight excluding hydrogens is 222 g/mol. The number of nitro groups is 1. The second-order valence-electron chi connectivity index (χ2n) is 3.40. The monoisotopic (exact) mass is 228 g/mol. The van der Waals surface area contributed by atoms with E-state index in [9.17, 15) is 23.7 Å². The molecule has 0 aliphatic carbocycles. The molecule has 0 N–H and O–H groups in total. The number of nitro benzene ring substituents is 1. The van der Waals surface area contributed by atoms with Gasteiger partial charge in [-0.3, -0.25) is 14.9 Å². The van der Waals surface area contributed by atoms with Crippen LogP contribution in [0.4, 0.5) is 20.2 Å². The summed E-state index contributed by atoms with van der Waals surface area (Å²) in [6.45, 7) is 0. The number of alkyl halides is 2. The number of benzene rings is 1. The third kappa shape index (κ3) is 1.17. The van der Waals surface area contributed by atoms with Gasteiger partial charge in [0.2, 0.25) is 0 Å². The Bertz CT molecular complexity index is 502. The predicted octanol–water partition coefficient (Wildman–Crippen LogP) is 1.66. The van der Waals surface area contributed by atoms with Crippen LogP contribution in [0.3, 0.4) is 0 Å². The molecule has 7 heteroatoms. The van der Waals surface area contributed by atoms with Crippen molar-refractivity contribution in [2.45, 2.75) is 5.92 Å². The molecule has 5 nitrogen and oxygen atoms in total. The molecule has 0 atom stereocenters. The predicted molar refractivity (Wildman–Crippen MR) is 50.4 cm³/mol. The third-order valence-electron chi connectivity index (χ3n) is 2.46. The van der Waals surface area contributed by atoms with Crippen molar-refractivity contribution in [3.8, 4) is 0 Å². The van der Waals surface area contributed by atoms with E-state index >= 15 is 0 Å². The molecule has 2 rings (SSSR count). The first-order valence-corrected chi connectivity index (χ1v) is 4.30. The van der Waals surface area contributed by atoms with Crippen molar-refractivity contribution >= 4 is 17.3 Å². The van der Waals surface area contributed by atoms with Gasteiger partial charge in [0.15, 0.2) is 0 Å². The van der Waals surface area contributed by atoms with Crippen LogP contribution in [0, 0.1) is 10.1 Å². The van der Waals surface area contributed by atoms with Crippen LogP contribution in [0.15, 0.2) is 18.2 Å². The van der Waals surface area contributed by atoms with Gasteiger partial charge < -0.3 is 4.90 Å². The first kappa shape index (κ1) is 10.5. The maximum Gasteiger partial charge on any atom is 0.352 e. The quantitative estimate of drug-likeness (QED) is 0.542. The second-order valence-corrected chi connectivity index (χ2v) is 3.40. The number of halogens is 2. The summed E-state index contributed by atoms with van der Waals surface area (Å²) >= 11 is 0. The number of hydrogen-bond acceptors (Lipinski definition) is 3. The fourth-order valence-corrected chi connectivity index (χ4v) is 1.62. The molecule has 0 radical (unpaired) electrons. The van der Waals surface area contributed by atoms with E-state index in [4.69, 9.17) is 0 Å². The van der Waals surface area contributed by atoms with Crippen molar-refractivity contribution in [3.63, 3.8) is 0 Å². The number of amides is 1. The number of rotatable bonds is 1. The van der Waals surface area contributed by atoms with E-state index in [0.717, 1.165) is 23.1 Å². The van der Waals surface area contributed by atoms with Crippen LogP contribution in [0.1, 0.15) is 5.56 Å². The van der Waals surface area contributed by atoms with Crippen LogP contribution < -0.4 is 4.90 Å². The Hall–Kier alpha value is -2.05. The Morgan fingerprint density at radius 1 is 1.44 bits per heavy atom. The first-order valence-electron chi connectivity index (χ1n) is 4.30. The third-order valence-corrected chi connectivity index (χ3v) is 2.46. The minimum absolute atomic E-state index is 0.000556. The van der Waals surface area contributed by atoms with Crippen LogP contribution in [0.25, 0.3) is 0 Å². The molecule has 0 saturated heterocycles. The summed E-state index contributed by atoms with van der Waals surface area (Å²) in [4.78, 5) is 21.6. The van der Waals surface area contributed by atoms with Gasteiger partial charge in [-0.1, -0.05) is 0 Å². The summed E-state index contributed by atoms with van der Waals surface area (Å²) in [5.74, 6) is -5.06. The fraction of sp³-hybridized carbons (Fsp3) is 0.222.